The van der Waals surface area contributed by atoms with Crippen LogP contribution in [0.25, 0.3) is 0 Å². The highest BCUT2D eigenvalue weighted by Gasteiger charge is 2.16. The van der Waals surface area contributed by atoms with Crippen LogP contribution < -0.4 is 4.74 Å². The second-order valence-corrected chi connectivity index (χ2v) is 4.16. The molecule has 0 bridgehead atoms. The molecule has 2 rings (SSSR count). The van der Waals surface area contributed by atoms with Crippen LogP contribution in [0.3, 0.4) is 0 Å². The first-order valence-electron chi connectivity index (χ1n) is 4.77. The Morgan fingerprint density at radius 3 is 2.81 bits per heavy atom. The second kappa shape index (κ2) is 4.72. The predicted octanol–water partition coefficient (Wildman–Crippen LogP) is 3.13. The third-order valence-electron chi connectivity index (χ3n) is 2.31. The van der Waals surface area contributed by atoms with Crippen molar-refractivity contribution < 1.29 is 14.3 Å². The lowest BCUT2D eigenvalue weighted by molar-refractivity contribution is 0.188. The highest BCUT2D eigenvalue weighted by atomic mass is 79.9. The topological polar surface area (TPSA) is 42.6 Å². The van der Waals surface area contributed by atoms with Crippen molar-refractivity contribution in [1.29, 1.82) is 0 Å². The Kier molecular flexibility index (Phi) is 3.31. The number of halogens is 1. The van der Waals surface area contributed by atoms with Crippen LogP contribution in [0.2, 0.25) is 0 Å². The van der Waals surface area contributed by atoms with Crippen LogP contribution in [0.4, 0.5) is 0 Å². The highest BCUT2D eigenvalue weighted by molar-refractivity contribution is 9.10. The summed E-state index contributed by atoms with van der Waals surface area (Å²) in [4.78, 5) is 0. The maximum Gasteiger partial charge on any atom is 0.138 e. The second-order valence-electron chi connectivity index (χ2n) is 3.31. The molecule has 2 aromatic rings. The quantitative estimate of drug-likeness (QED) is 0.941. The fourth-order valence-electron chi connectivity index (χ4n) is 1.46. The Hall–Kier alpha value is -1.26. The summed E-state index contributed by atoms with van der Waals surface area (Å²) in [6.07, 6.45) is 0.742. The minimum absolute atomic E-state index is 0.508. The van der Waals surface area contributed by atoms with Crippen molar-refractivity contribution in [2.75, 3.05) is 7.11 Å². The van der Waals surface area contributed by atoms with Gasteiger partial charge in [0.25, 0.3) is 0 Å². The fraction of sp³-hybridized carbons (Fsp3) is 0.167. The van der Waals surface area contributed by atoms with Gasteiger partial charge in [0.05, 0.1) is 13.4 Å². The molecule has 0 aliphatic heterocycles. The van der Waals surface area contributed by atoms with E-state index in [2.05, 4.69) is 15.9 Å². The molecule has 84 valence electrons. The van der Waals surface area contributed by atoms with Gasteiger partial charge in [-0.25, -0.2) is 0 Å². The minimum Gasteiger partial charge on any atom is -0.497 e. The molecule has 1 unspecified atom stereocenters. The van der Waals surface area contributed by atoms with E-state index >= 15 is 0 Å². The number of aliphatic hydroxyl groups is 1. The molecule has 1 N–H and O–H groups in total. The number of ether oxygens (including phenoxy) is 1. The van der Waals surface area contributed by atoms with Crippen molar-refractivity contribution in [3.8, 4) is 5.75 Å². The number of benzene rings is 1. The van der Waals surface area contributed by atoms with Crippen LogP contribution in [0.5, 0.6) is 5.75 Å². The van der Waals surface area contributed by atoms with E-state index < -0.39 is 6.10 Å². The van der Waals surface area contributed by atoms with Gasteiger partial charge in [0.1, 0.15) is 17.6 Å². The van der Waals surface area contributed by atoms with Gasteiger partial charge in [-0.1, -0.05) is 15.9 Å². The first-order valence-corrected chi connectivity index (χ1v) is 5.56. The summed E-state index contributed by atoms with van der Waals surface area (Å²) in [7, 11) is 1.59. The summed E-state index contributed by atoms with van der Waals surface area (Å²) in [5, 5.41) is 10.1. The Morgan fingerprint density at radius 1 is 1.38 bits per heavy atom. The van der Waals surface area contributed by atoms with E-state index in [4.69, 9.17) is 9.15 Å². The Labute approximate surface area is 102 Å². The summed E-state index contributed by atoms with van der Waals surface area (Å²) in [6.45, 7) is 0. The Morgan fingerprint density at radius 2 is 2.19 bits per heavy atom. The summed E-state index contributed by atoms with van der Waals surface area (Å²) < 4.78 is 11.1. The van der Waals surface area contributed by atoms with E-state index in [1.54, 1.807) is 25.3 Å². The van der Waals surface area contributed by atoms with E-state index in [1.807, 2.05) is 12.1 Å². The average molecular weight is 283 g/mol. The molecule has 0 radical (unpaired) electrons. The zero-order valence-corrected chi connectivity index (χ0v) is 10.3. The molecule has 0 aliphatic carbocycles. The largest absolute Gasteiger partial charge is 0.497 e. The molecule has 1 aromatic carbocycles. The predicted molar refractivity (Wildman–Crippen MR) is 63.5 cm³/mol. The molecular formula is C12H11BrO3. The fourth-order valence-corrected chi connectivity index (χ4v) is 1.92. The molecule has 0 aliphatic rings. The van der Waals surface area contributed by atoms with Crippen molar-refractivity contribution in [3.05, 3.63) is 52.4 Å². The van der Waals surface area contributed by atoms with Crippen molar-refractivity contribution in [2.24, 2.45) is 0 Å². The monoisotopic (exact) mass is 282 g/mol. The zero-order valence-electron chi connectivity index (χ0n) is 8.68. The van der Waals surface area contributed by atoms with Crippen LogP contribution in [-0.4, -0.2) is 12.2 Å². The van der Waals surface area contributed by atoms with E-state index in [0.717, 1.165) is 4.47 Å². The van der Waals surface area contributed by atoms with Crippen LogP contribution in [-0.2, 0) is 0 Å². The molecule has 4 heteroatoms. The average Bonchev–Trinajstić information content (AvgIpc) is 2.82. The summed E-state index contributed by atoms with van der Waals surface area (Å²) in [5.74, 6) is 1.21. The Bertz CT molecular complexity index is 465. The minimum atomic E-state index is -0.792. The van der Waals surface area contributed by atoms with Crippen molar-refractivity contribution in [1.82, 2.24) is 0 Å². The third kappa shape index (κ3) is 2.13. The van der Waals surface area contributed by atoms with Gasteiger partial charge in [-0.05, 0) is 30.3 Å². The van der Waals surface area contributed by atoms with Crippen molar-refractivity contribution >= 4 is 15.9 Å². The molecule has 1 heterocycles. The molecule has 3 nitrogen and oxygen atoms in total. The molecule has 0 fully saturated rings. The van der Waals surface area contributed by atoms with E-state index in [-0.39, 0.29) is 0 Å². The molecule has 16 heavy (non-hydrogen) atoms. The number of furan rings is 1. The number of methoxy groups -OCH3 is 1. The molecular weight excluding hydrogens is 272 g/mol. The highest BCUT2D eigenvalue weighted by Crippen LogP contribution is 2.31. The summed E-state index contributed by atoms with van der Waals surface area (Å²) in [6, 6.07) is 8.91. The van der Waals surface area contributed by atoms with E-state index in [1.165, 1.54) is 6.26 Å². The molecule has 0 saturated heterocycles. The number of hydrogen-bond acceptors (Lipinski definition) is 3. The maximum atomic E-state index is 10.1. The first-order chi connectivity index (χ1) is 7.72. The van der Waals surface area contributed by atoms with Gasteiger partial charge in [0.15, 0.2) is 0 Å². The van der Waals surface area contributed by atoms with Crippen LogP contribution in [0, 0.1) is 0 Å². The SMILES string of the molecule is COc1ccc(Br)c(C(O)c2ccco2)c1. The van der Waals surface area contributed by atoms with Gasteiger partial charge >= 0.3 is 0 Å². The zero-order chi connectivity index (χ0) is 11.5. The summed E-state index contributed by atoms with van der Waals surface area (Å²) >= 11 is 3.39. The molecule has 0 amide bonds. The number of hydrogen-bond donors (Lipinski definition) is 1. The number of aliphatic hydroxyl groups excluding tert-OH is 1. The molecule has 0 saturated carbocycles. The van der Waals surface area contributed by atoms with Crippen LogP contribution >= 0.6 is 15.9 Å². The lowest BCUT2D eigenvalue weighted by atomic mass is 10.1. The standard InChI is InChI=1S/C12H11BrO3/c1-15-8-4-5-10(13)9(7-8)12(14)11-3-2-6-16-11/h2-7,12,14H,1H3. The van der Waals surface area contributed by atoms with Gasteiger partial charge < -0.3 is 14.3 Å². The van der Waals surface area contributed by atoms with Gasteiger partial charge in [0.2, 0.25) is 0 Å². The van der Waals surface area contributed by atoms with Gasteiger partial charge in [-0.3, -0.25) is 0 Å². The lowest BCUT2D eigenvalue weighted by Crippen LogP contribution is -1.99. The Balaban J connectivity index is 2.39. The maximum absolute atomic E-state index is 10.1. The molecule has 0 spiro atoms. The first kappa shape index (κ1) is 11.2. The van der Waals surface area contributed by atoms with E-state index in [9.17, 15) is 5.11 Å². The van der Waals surface area contributed by atoms with Gasteiger partial charge in [-0.15, -0.1) is 0 Å². The van der Waals surface area contributed by atoms with Gasteiger partial charge in [-0.2, -0.15) is 0 Å². The molecule has 1 atom stereocenters. The van der Waals surface area contributed by atoms with Crippen molar-refractivity contribution in [2.45, 2.75) is 6.10 Å². The summed E-state index contributed by atoms with van der Waals surface area (Å²) in [5.41, 5.74) is 0.717. The molecule has 1 aromatic heterocycles. The van der Waals surface area contributed by atoms with Gasteiger partial charge in [0, 0.05) is 10.0 Å². The van der Waals surface area contributed by atoms with Crippen LogP contribution in [0.15, 0.2) is 45.5 Å². The smallest absolute Gasteiger partial charge is 0.138 e. The lowest BCUT2D eigenvalue weighted by Gasteiger charge is -2.11. The van der Waals surface area contributed by atoms with Crippen LogP contribution in [0.1, 0.15) is 17.4 Å². The number of rotatable bonds is 3. The van der Waals surface area contributed by atoms with Crippen molar-refractivity contribution in [3.63, 3.8) is 0 Å². The normalized spacial score (nSPS) is 12.4. The van der Waals surface area contributed by atoms with E-state index in [0.29, 0.717) is 17.1 Å². The third-order valence-corrected chi connectivity index (χ3v) is 3.03.